The second-order valence-corrected chi connectivity index (χ2v) is 7.95. The molecule has 0 radical (unpaired) electrons. The molecule has 0 spiro atoms. The Labute approximate surface area is 156 Å². The Hall–Kier alpha value is -1.90. The molecular formula is C24H27NO. The van der Waals surface area contributed by atoms with Gasteiger partial charge in [0.1, 0.15) is 0 Å². The molecule has 134 valence electrons. The van der Waals surface area contributed by atoms with Crippen LogP contribution in [-0.2, 0) is 4.74 Å². The molecule has 2 nitrogen and oxygen atoms in total. The van der Waals surface area contributed by atoms with Crippen LogP contribution >= 0.6 is 0 Å². The van der Waals surface area contributed by atoms with E-state index < -0.39 is 0 Å². The monoisotopic (exact) mass is 345 g/mol. The van der Waals surface area contributed by atoms with Gasteiger partial charge in [-0.2, -0.15) is 0 Å². The van der Waals surface area contributed by atoms with Gasteiger partial charge in [0.15, 0.2) is 0 Å². The number of rotatable bonds is 0. The molecule has 2 heteroatoms. The molecule has 2 saturated heterocycles. The molecule has 0 aliphatic carbocycles. The van der Waals surface area contributed by atoms with E-state index in [0.717, 1.165) is 13.0 Å². The summed E-state index contributed by atoms with van der Waals surface area (Å²) in [6.07, 6.45) is 11.1. The summed E-state index contributed by atoms with van der Waals surface area (Å²) in [7, 11) is 0. The Morgan fingerprint density at radius 1 is 0.962 bits per heavy atom. The predicted octanol–water partition coefficient (Wildman–Crippen LogP) is 5.46. The first-order valence-corrected chi connectivity index (χ1v) is 10.1. The maximum Gasteiger partial charge on any atom is 0.0654 e. The molecule has 26 heavy (non-hydrogen) atoms. The smallest absolute Gasteiger partial charge is 0.0654 e. The van der Waals surface area contributed by atoms with E-state index in [2.05, 4.69) is 65.6 Å². The Balaban J connectivity index is 1.65. The van der Waals surface area contributed by atoms with Crippen molar-refractivity contribution in [3.63, 3.8) is 0 Å². The highest BCUT2D eigenvalue weighted by Gasteiger charge is 2.38. The molecule has 2 aromatic carbocycles. The SMILES string of the molecule is C1=C\c2cccc(c2)-c2ccccc2[C@@H]2C[C@H](C[C@@H]3CCCCN32)OC/1. The topological polar surface area (TPSA) is 12.5 Å². The molecule has 3 aliphatic heterocycles. The van der Waals surface area contributed by atoms with Gasteiger partial charge in [-0.1, -0.05) is 61.0 Å². The molecule has 4 bridgehead atoms. The van der Waals surface area contributed by atoms with Crippen LogP contribution in [0.3, 0.4) is 0 Å². The summed E-state index contributed by atoms with van der Waals surface area (Å²) in [5, 5.41) is 0. The van der Waals surface area contributed by atoms with Gasteiger partial charge in [-0.3, -0.25) is 4.90 Å². The highest BCUT2D eigenvalue weighted by molar-refractivity contribution is 5.71. The number of hydrogen-bond acceptors (Lipinski definition) is 2. The fourth-order valence-corrected chi connectivity index (χ4v) is 5.15. The largest absolute Gasteiger partial charge is 0.374 e. The van der Waals surface area contributed by atoms with Crippen molar-refractivity contribution in [1.82, 2.24) is 4.90 Å². The lowest BCUT2D eigenvalue weighted by Crippen LogP contribution is -2.49. The van der Waals surface area contributed by atoms with Crippen molar-refractivity contribution in [2.75, 3.05) is 13.2 Å². The number of nitrogens with zero attached hydrogens (tertiary/aromatic N) is 1. The van der Waals surface area contributed by atoms with Gasteiger partial charge in [-0.05, 0) is 60.5 Å². The predicted molar refractivity (Wildman–Crippen MR) is 107 cm³/mol. The van der Waals surface area contributed by atoms with Crippen LogP contribution in [0.1, 0.15) is 49.3 Å². The molecular weight excluding hydrogens is 318 g/mol. The van der Waals surface area contributed by atoms with Gasteiger partial charge in [0.2, 0.25) is 0 Å². The van der Waals surface area contributed by atoms with E-state index in [0.29, 0.717) is 18.2 Å². The molecule has 0 saturated carbocycles. The van der Waals surface area contributed by atoms with Crippen molar-refractivity contribution >= 4 is 6.08 Å². The van der Waals surface area contributed by atoms with E-state index in [1.54, 1.807) is 0 Å². The minimum absolute atomic E-state index is 0.370. The van der Waals surface area contributed by atoms with Crippen LogP contribution in [0.15, 0.2) is 54.6 Å². The quantitative estimate of drug-likeness (QED) is 0.629. The number of fused-ring (bicyclic) bond motifs is 9. The van der Waals surface area contributed by atoms with Crippen LogP contribution in [0.2, 0.25) is 0 Å². The maximum atomic E-state index is 6.31. The van der Waals surface area contributed by atoms with Crippen molar-refractivity contribution < 1.29 is 4.74 Å². The summed E-state index contributed by atoms with van der Waals surface area (Å²) >= 11 is 0. The van der Waals surface area contributed by atoms with Gasteiger partial charge in [-0.15, -0.1) is 0 Å². The van der Waals surface area contributed by atoms with Gasteiger partial charge in [0.05, 0.1) is 12.7 Å². The summed E-state index contributed by atoms with van der Waals surface area (Å²) in [5.41, 5.74) is 5.45. The molecule has 3 atom stereocenters. The van der Waals surface area contributed by atoms with Crippen LogP contribution in [0.4, 0.5) is 0 Å². The third-order valence-corrected chi connectivity index (χ3v) is 6.35. The van der Waals surface area contributed by atoms with Crippen LogP contribution in [0.25, 0.3) is 17.2 Å². The number of benzene rings is 2. The third kappa shape index (κ3) is 3.02. The molecule has 5 rings (SSSR count). The van der Waals surface area contributed by atoms with Crippen molar-refractivity contribution in [1.29, 1.82) is 0 Å². The summed E-state index contributed by atoms with van der Waals surface area (Å²) in [5.74, 6) is 0. The minimum Gasteiger partial charge on any atom is -0.374 e. The molecule has 0 N–H and O–H groups in total. The minimum atomic E-state index is 0.370. The molecule has 3 aliphatic rings. The van der Waals surface area contributed by atoms with Gasteiger partial charge in [0, 0.05) is 12.1 Å². The lowest BCUT2D eigenvalue weighted by atomic mass is 9.82. The standard InChI is InChI=1S/C24H27NO/c1-2-12-23-22(11-1)19-9-5-7-18(15-19)8-6-14-26-21-16-20-10-3-4-13-25(20)24(23)17-21/h1-2,5-9,11-12,15,20-21,24H,3-4,10,13-14,16-17H2/b8-6-/t20-,21-,24-/m0/s1. The van der Waals surface area contributed by atoms with Crippen molar-refractivity contribution in [3.05, 3.63) is 65.7 Å². The molecule has 0 unspecified atom stereocenters. The summed E-state index contributed by atoms with van der Waals surface area (Å²) < 4.78 is 6.31. The maximum absolute atomic E-state index is 6.31. The molecule has 3 heterocycles. The molecule has 2 aromatic rings. The second kappa shape index (κ2) is 7.02. The molecule has 0 amide bonds. The van der Waals surface area contributed by atoms with E-state index in [-0.39, 0.29) is 0 Å². The zero-order chi connectivity index (χ0) is 17.3. The van der Waals surface area contributed by atoms with E-state index in [1.165, 1.54) is 54.5 Å². The highest BCUT2D eigenvalue weighted by atomic mass is 16.5. The average Bonchev–Trinajstić information content (AvgIpc) is 2.70. The Morgan fingerprint density at radius 3 is 2.92 bits per heavy atom. The summed E-state index contributed by atoms with van der Waals surface area (Å²) in [6, 6.07) is 19.1. The van der Waals surface area contributed by atoms with Gasteiger partial charge < -0.3 is 4.74 Å². The third-order valence-electron chi connectivity index (χ3n) is 6.35. The van der Waals surface area contributed by atoms with Gasteiger partial charge >= 0.3 is 0 Å². The van der Waals surface area contributed by atoms with E-state index in [4.69, 9.17) is 4.74 Å². The lowest BCUT2D eigenvalue weighted by Gasteiger charge is -2.48. The second-order valence-electron chi connectivity index (χ2n) is 7.95. The fraction of sp³-hybridized carbons (Fsp3) is 0.417. The first-order chi connectivity index (χ1) is 12.9. The zero-order valence-electron chi connectivity index (χ0n) is 15.3. The number of ether oxygens (including phenoxy) is 1. The van der Waals surface area contributed by atoms with E-state index in [9.17, 15) is 0 Å². The van der Waals surface area contributed by atoms with Crippen LogP contribution in [0, 0.1) is 0 Å². The number of piperidine rings is 2. The number of hydrogen-bond donors (Lipinski definition) is 0. The highest BCUT2D eigenvalue weighted by Crippen LogP contribution is 2.43. The first kappa shape index (κ1) is 16.3. The van der Waals surface area contributed by atoms with E-state index >= 15 is 0 Å². The molecule has 0 aromatic heterocycles. The van der Waals surface area contributed by atoms with Crippen LogP contribution in [-0.4, -0.2) is 30.2 Å². The van der Waals surface area contributed by atoms with Gasteiger partial charge in [0.25, 0.3) is 0 Å². The van der Waals surface area contributed by atoms with Crippen molar-refractivity contribution in [3.8, 4) is 11.1 Å². The van der Waals surface area contributed by atoms with Crippen molar-refractivity contribution in [2.24, 2.45) is 0 Å². The Bertz CT molecular complexity index is 811. The normalized spacial score (nSPS) is 29.6. The van der Waals surface area contributed by atoms with E-state index in [1.807, 2.05) is 0 Å². The lowest BCUT2D eigenvalue weighted by molar-refractivity contribution is -0.0463. The summed E-state index contributed by atoms with van der Waals surface area (Å²) in [4.78, 5) is 2.79. The summed E-state index contributed by atoms with van der Waals surface area (Å²) in [6.45, 7) is 1.95. The van der Waals surface area contributed by atoms with Crippen LogP contribution in [0.5, 0.6) is 0 Å². The molecule has 2 fully saturated rings. The zero-order valence-corrected chi connectivity index (χ0v) is 15.3. The first-order valence-electron chi connectivity index (χ1n) is 10.1. The average molecular weight is 345 g/mol. The Kier molecular flexibility index (Phi) is 4.40. The fourth-order valence-electron chi connectivity index (χ4n) is 5.15. The van der Waals surface area contributed by atoms with Crippen LogP contribution < -0.4 is 0 Å². The van der Waals surface area contributed by atoms with Crippen molar-refractivity contribution in [2.45, 2.75) is 50.3 Å². The Morgan fingerprint density at radius 2 is 1.92 bits per heavy atom. The van der Waals surface area contributed by atoms with Gasteiger partial charge in [-0.25, -0.2) is 0 Å².